The number of rotatable bonds is 5. The third-order valence-corrected chi connectivity index (χ3v) is 4.76. The van der Waals surface area contributed by atoms with Crippen LogP contribution in [0, 0.1) is 6.92 Å². The van der Waals surface area contributed by atoms with Gasteiger partial charge in [-0.15, -0.1) is 0 Å². The number of benzene rings is 2. The van der Waals surface area contributed by atoms with Crippen molar-refractivity contribution in [2.24, 2.45) is 0 Å². The van der Waals surface area contributed by atoms with Crippen LogP contribution in [0.3, 0.4) is 0 Å². The van der Waals surface area contributed by atoms with Gasteiger partial charge in [0.15, 0.2) is 5.95 Å². The van der Waals surface area contributed by atoms with E-state index in [-0.39, 0.29) is 10.9 Å². The van der Waals surface area contributed by atoms with Crippen LogP contribution in [0.2, 0.25) is 0 Å². The van der Waals surface area contributed by atoms with Crippen molar-refractivity contribution >= 4 is 23.4 Å². The third kappa shape index (κ3) is 3.83. The molecule has 7 heteroatoms. The van der Waals surface area contributed by atoms with Gasteiger partial charge in [-0.1, -0.05) is 36.4 Å². The molecule has 0 aliphatic carbocycles. The van der Waals surface area contributed by atoms with Gasteiger partial charge in [0.05, 0.1) is 10.5 Å². The van der Waals surface area contributed by atoms with E-state index in [1.54, 1.807) is 6.92 Å². The molecule has 1 amide bonds. The number of amides is 1. The molecule has 2 aromatic carbocycles. The summed E-state index contributed by atoms with van der Waals surface area (Å²) in [5, 5.41) is 18.4. The molecule has 3 aromatic rings. The molecule has 128 valence electrons. The average Bonchev–Trinajstić information content (AvgIpc) is 2.98. The van der Waals surface area contributed by atoms with E-state index in [1.807, 2.05) is 61.5 Å². The predicted octanol–water partition coefficient (Wildman–Crippen LogP) is 2.45. The number of aromatic nitrogens is 2. The highest BCUT2D eigenvalue weighted by molar-refractivity contribution is 8.00. The fraction of sp³-hybridized carbons (Fsp3) is 0.167. The Hall–Kier alpha value is -2.80. The van der Waals surface area contributed by atoms with Crippen molar-refractivity contribution in [3.63, 3.8) is 0 Å². The van der Waals surface area contributed by atoms with Crippen molar-refractivity contribution < 1.29 is 19.1 Å². The number of carbonyl (C=O) groups excluding carboxylic acids is 1. The number of nitrogens with zero attached hydrogens (tertiary/aromatic N) is 2. The molecule has 0 bridgehead atoms. The second-order valence-electron chi connectivity index (χ2n) is 5.48. The summed E-state index contributed by atoms with van der Waals surface area (Å²) in [4.78, 5) is 12.5. The Balaban J connectivity index is 1.77. The van der Waals surface area contributed by atoms with E-state index in [4.69, 9.17) is 4.52 Å². The average molecular weight is 355 g/mol. The van der Waals surface area contributed by atoms with Crippen LogP contribution in [0.4, 0.5) is 5.69 Å². The van der Waals surface area contributed by atoms with Crippen molar-refractivity contribution in [1.82, 2.24) is 5.27 Å². The first-order valence-electron chi connectivity index (χ1n) is 7.74. The van der Waals surface area contributed by atoms with Gasteiger partial charge in [-0.2, -0.15) is 0 Å². The molecule has 1 unspecified atom stereocenters. The highest BCUT2D eigenvalue weighted by Crippen LogP contribution is 2.28. The Morgan fingerprint density at radius 1 is 1.20 bits per heavy atom. The maximum absolute atomic E-state index is 12.5. The van der Waals surface area contributed by atoms with E-state index in [2.05, 4.69) is 10.6 Å². The summed E-state index contributed by atoms with van der Waals surface area (Å²) in [7, 11) is 0. The molecule has 25 heavy (non-hydrogen) atoms. The van der Waals surface area contributed by atoms with Crippen LogP contribution in [0.1, 0.15) is 12.5 Å². The molecule has 3 rings (SSSR count). The van der Waals surface area contributed by atoms with Gasteiger partial charge in [0, 0.05) is 17.8 Å². The third-order valence-electron chi connectivity index (χ3n) is 3.63. The molecular formula is C18H17N3O3S. The summed E-state index contributed by atoms with van der Waals surface area (Å²) in [6.45, 7) is 3.66. The van der Waals surface area contributed by atoms with Gasteiger partial charge >= 0.3 is 0 Å². The molecule has 0 aliphatic heterocycles. The summed E-state index contributed by atoms with van der Waals surface area (Å²) in [5.74, 6) is -0.760. The number of para-hydroxylation sites is 2. The number of thioether (sulfide) groups is 1. The van der Waals surface area contributed by atoms with Gasteiger partial charge in [-0.3, -0.25) is 4.79 Å². The summed E-state index contributed by atoms with van der Waals surface area (Å²) in [5.41, 5.74) is 2.42. The Kier molecular flexibility index (Phi) is 5.04. The minimum absolute atomic E-state index is 0.195. The summed E-state index contributed by atoms with van der Waals surface area (Å²) in [6, 6.07) is 16.7. The topological polar surface area (TPSA) is 82.1 Å². The van der Waals surface area contributed by atoms with E-state index < -0.39 is 11.2 Å². The first-order chi connectivity index (χ1) is 12.1. The first kappa shape index (κ1) is 17.0. The van der Waals surface area contributed by atoms with E-state index in [0.717, 1.165) is 23.0 Å². The first-order valence-corrected chi connectivity index (χ1v) is 8.62. The zero-order valence-electron chi connectivity index (χ0n) is 13.8. The van der Waals surface area contributed by atoms with E-state index in [9.17, 15) is 9.90 Å². The molecule has 0 saturated carbocycles. The van der Waals surface area contributed by atoms with E-state index in [0.29, 0.717) is 5.69 Å². The SMILES string of the molecule is Cc1ccccc1NC(=O)C(C)Sc1c([O-])on[n+]1-c1ccccc1. The molecule has 0 aliphatic rings. The van der Waals surface area contributed by atoms with Crippen molar-refractivity contribution in [1.29, 1.82) is 0 Å². The van der Waals surface area contributed by atoms with Crippen molar-refractivity contribution in [2.75, 3.05) is 5.32 Å². The van der Waals surface area contributed by atoms with Crippen molar-refractivity contribution in [2.45, 2.75) is 24.1 Å². The maximum atomic E-state index is 12.5. The van der Waals surface area contributed by atoms with Gasteiger partial charge in [0.25, 0.3) is 5.03 Å². The molecule has 1 atom stereocenters. The van der Waals surface area contributed by atoms with Crippen molar-refractivity contribution in [3.8, 4) is 11.6 Å². The van der Waals surface area contributed by atoms with Crippen LogP contribution in [0.5, 0.6) is 5.95 Å². The standard InChI is InChI=1S/C18H17N3O3S/c1-12-8-6-7-11-15(12)19-16(22)13(2)25-17-18(23)24-20-21(17)14-9-4-3-5-10-14/h3-11,13H,1-2H3,(H-,19,20,22,23). The summed E-state index contributed by atoms with van der Waals surface area (Å²) >= 11 is 1.11. The maximum Gasteiger partial charge on any atom is 0.298 e. The lowest BCUT2D eigenvalue weighted by molar-refractivity contribution is -0.705. The number of nitrogens with one attached hydrogen (secondary N) is 1. The van der Waals surface area contributed by atoms with Crippen LogP contribution >= 0.6 is 11.8 Å². The molecule has 0 spiro atoms. The Bertz CT molecular complexity index is 880. The monoisotopic (exact) mass is 355 g/mol. The van der Waals surface area contributed by atoms with E-state index >= 15 is 0 Å². The van der Waals surface area contributed by atoms with Crippen LogP contribution in [-0.4, -0.2) is 16.4 Å². The zero-order valence-corrected chi connectivity index (χ0v) is 14.6. The smallest absolute Gasteiger partial charge is 0.298 e. The molecule has 6 nitrogen and oxygen atoms in total. The number of aryl methyl sites for hydroxylation is 1. The Morgan fingerprint density at radius 3 is 2.60 bits per heavy atom. The number of anilines is 1. The zero-order chi connectivity index (χ0) is 17.8. The van der Waals surface area contributed by atoms with Crippen LogP contribution in [-0.2, 0) is 4.79 Å². The van der Waals surface area contributed by atoms with Crippen LogP contribution < -0.4 is 15.1 Å². The molecule has 0 fully saturated rings. The number of carbonyl (C=O) groups is 1. The Labute approximate surface area is 149 Å². The second-order valence-corrected chi connectivity index (χ2v) is 6.81. The van der Waals surface area contributed by atoms with Gasteiger partial charge in [0.1, 0.15) is 0 Å². The van der Waals surface area contributed by atoms with Gasteiger partial charge < -0.3 is 14.9 Å². The molecule has 1 aromatic heterocycles. The molecule has 1 N–H and O–H groups in total. The molecular weight excluding hydrogens is 338 g/mol. The Morgan fingerprint density at radius 2 is 1.88 bits per heavy atom. The normalized spacial score (nSPS) is 11.9. The minimum atomic E-state index is -0.565. The fourth-order valence-corrected chi connectivity index (χ4v) is 3.11. The van der Waals surface area contributed by atoms with Crippen LogP contribution in [0.15, 0.2) is 64.1 Å². The number of hydrogen-bond donors (Lipinski definition) is 1. The van der Waals surface area contributed by atoms with Gasteiger partial charge in [0.2, 0.25) is 11.6 Å². The minimum Gasteiger partial charge on any atom is -0.538 e. The summed E-state index contributed by atoms with van der Waals surface area (Å²) in [6.07, 6.45) is 0. The highest BCUT2D eigenvalue weighted by Gasteiger charge is 2.26. The van der Waals surface area contributed by atoms with Crippen LogP contribution in [0.25, 0.3) is 5.69 Å². The molecule has 1 heterocycles. The van der Waals surface area contributed by atoms with Gasteiger partial charge in [-0.25, -0.2) is 0 Å². The fourth-order valence-electron chi connectivity index (χ4n) is 2.24. The quantitative estimate of drug-likeness (QED) is 0.561. The largest absolute Gasteiger partial charge is 0.538 e. The van der Waals surface area contributed by atoms with Gasteiger partial charge in [-0.05, 0) is 41.9 Å². The molecule has 0 saturated heterocycles. The highest BCUT2D eigenvalue weighted by atomic mass is 32.2. The van der Waals surface area contributed by atoms with E-state index in [1.165, 1.54) is 4.68 Å². The van der Waals surface area contributed by atoms with Crippen molar-refractivity contribution in [3.05, 3.63) is 60.2 Å². The number of hydrogen-bond acceptors (Lipinski definition) is 5. The lowest BCUT2D eigenvalue weighted by Gasteiger charge is -2.12. The lowest BCUT2D eigenvalue weighted by Crippen LogP contribution is -2.36. The predicted molar refractivity (Wildman–Crippen MR) is 92.6 cm³/mol. The molecule has 0 radical (unpaired) electrons. The second kappa shape index (κ2) is 7.40. The lowest BCUT2D eigenvalue weighted by atomic mass is 10.2. The summed E-state index contributed by atoms with van der Waals surface area (Å²) < 4.78 is 6.18.